The lowest BCUT2D eigenvalue weighted by molar-refractivity contribution is -0.0729. The second-order valence-corrected chi connectivity index (χ2v) is 2.59. The second-order valence-electron chi connectivity index (χ2n) is 2.59. The van der Waals surface area contributed by atoms with Gasteiger partial charge in [-0.05, 0) is 12.8 Å². The lowest BCUT2D eigenvalue weighted by atomic mass is 9.72. The fourth-order valence-electron chi connectivity index (χ4n) is 1.06. The van der Waals surface area contributed by atoms with Gasteiger partial charge in [-0.2, -0.15) is 5.26 Å². The van der Waals surface area contributed by atoms with Crippen molar-refractivity contribution in [2.45, 2.75) is 18.4 Å². The molecule has 9 heavy (non-hydrogen) atoms. The molecular formula is C6H8FNO. The Morgan fingerprint density at radius 3 is 2.67 bits per heavy atom. The van der Waals surface area contributed by atoms with Crippen molar-refractivity contribution in [2.24, 2.45) is 5.92 Å². The molecule has 1 fully saturated rings. The third kappa shape index (κ3) is 1.03. The molecule has 2 nitrogen and oxygen atoms in total. The first-order chi connectivity index (χ1) is 4.20. The maximum atomic E-state index is 11.8. The molecule has 0 unspecified atom stereocenters. The predicted molar refractivity (Wildman–Crippen MR) is 29.3 cm³/mol. The van der Waals surface area contributed by atoms with Gasteiger partial charge in [0.2, 0.25) is 0 Å². The van der Waals surface area contributed by atoms with Crippen molar-refractivity contribution in [2.75, 3.05) is 6.67 Å². The Morgan fingerprint density at radius 2 is 2.33 bits per heavy atom. The molecule has 0 saturated heterocycles. The van der Waals surface area contributed by atoms with Crippen LogP contribution in [-0.4, -0.2) is 17.4 Å². The molecule has 0 heterocycles. The third-order valence-corrected chi connectivity index (χ3v) is 1.68. The minimum Gasteiger partial charge on any atom is -0.387 e. The minimum absolute atomic E-state index is 0.120. The second kappa shape index (κ2) is 1.96. The first-order valence-electron chi connectivity index (χ1n) is 2.88. The lowest BCUT2D eigenvalue weighted by Gasteiger charge is -2.37. The van der Waals surface area contributed by atoms with Gasteiger partial charge in [-0.1, -0.05) is 0 Å². The van der Waals surface area contributed by atoms with E-state index in [4.69, 9.17) is 10.4 Å². The number of nitriles is 1. The molecule has 0 aromatic rings. The van der Waals surface area contributed by atoms with Crippen LogP contribution < -0.4 is 0 Å². The monoisotopic (exact) mass is 129 g/mol. The van der Waals surface area contributed by atoms with Gasteiger partial charge in [0.25, 0.3) is 0 Å². The highest BCUT2D eigenvalue weighted by molar-refractivity contribution is 5.03. The van der Waals surface area contributed by atoms with Gasteiger partial charge in [-0.15, -0.1) is 0 Å². The van der Waals surface area contributed by atoms with Crippen molar-refractivity contribution < 1.29 is 9.50 Å². The average Bonchev–Trinajstić information content (AvgIpc) is 1.81. The molecule has 1 N–H and O–H groups in total. The molecule has 0 amide bonds. The van der Waals surface area contributed by atoms with Crippen LogP contribution in [0.15, 0.2) is 0 Å². The topological polar surface area (TPSA) is 44.0 Å². The van der Waals surface area contributed by atoms with Crippen LogP contribution in [0.3, 0.4) is 0 Å². The summed E-state index contributed by atoms with van der Waals surface area (Å²) in [7, 11) is 0. The standard InChI is InChI=1S/C6H8FNO/c7-4-6(9)1-5(2-6)3-8/h5,9H,1-2,4H2. The Morgan fingerprint density at radius 1 is 1.78 bits per heavy atom. The zero-order valence-corrected chi connectivity index (χ0v) is 4.97. The van der Waals surface area contributed by atoms with E-state index < -0.39 is 12.3 Å². The molecule has 50 valence electrons. The smallest absolute Gasteiger partial charge is 0.118 e. The molecular weight excluding hydrogens is 121 g/mol. The maximum absolute atomic E-state index is 11.8. The first kappa shape index (κ1) is 6.50. The maximum Gasteiger partial charge on any atom is 0.118 e. The fourth-order valence-corrected chi connectivity index (χ4v) is 1.06. The molecule has 3 heteroatoms. The number of nitrogens with zero attached hydrogens (tertiary/aromatic N) is 1. The summed E-state index contributed by atoms with van der Waals surface area (Å²) in [4.78, 5) is 0. The van der Waals surface area contributed by atoms with Gasteiger partial charge in [-0.25, -0.2) is 4.39 Å². The Balaban J connectivity index is 2.34. The van der Waals surface area contributed by atoms with Crippen LogP contribution in [0.1, 0.15) is 12.8 Å². The van der Waals surface area contributed by atoms with Gasteiger partial charge < -0.3 is 5.11 Å². The number of halogens is 1. The third-order valence-electron chi connectivity index (χ3n) is 1.68. The van der Waals surface area contributed by atoms with Crippen molar-refractivity contribution >= 4 is 0 Å². The van der Waals surface area contributed by atoms with Crippen molar-refractivity contribution in [3.63, 3.8) is 0 Å². The SMILES string of the molecule is N#CC1CC(O)(CF)C1. The molecule has 1 saturated carbocycles. The summed E-state index contributed by atoms with van der Waals surface area (Å²) in [5, 5.41) is 17.2. The van der Waals surface area contributed by atoms with Crippen LogP contribution in [-0.2, 0) is 0 Å². The van der Waals surface area contributed by atoms with Crippen molar-refractivity contribution in [3.8, 4) is 6.07 Å². The molecule has 0 spiro atoms. The highest BCUT2D eigenvalue weighted by atomic mass is 19.1. The molecule has 0 atom stereocenters. The van der Waals surface area contributed by atoms with E-state index in [1.807, 2.05) is 6.07 Å². The highest BCUT2D eigenvalue weighted by Gasteiger charge is 2.42. The normalized spacial score (nSPS) is 41.2. The van der Waals surface area contributed by atoms with Crippen LogP contribution in [0.2, 0.25) is 0 Å². The zero-order valence-electron chi connectivity index (χ0n) is 4.97. The van der Waals surface area contributed by atoms with Gasteiger partial charge in [0.1, 0.15) is 6.67 Å². The van der Waals surface area contributed by atoms with E-state index in [0.29, 0.717) is 12.8 Å². The number of hydrogen-bond donors (Lipinski definition) is 1. The Bertz CT molecular complexity index is 146. The van der Waals surface area contributed by atoms with Crippen LogP contribution in [0, 0.1) is 17.2 Å². The van der Waals surface area contributed by atoms with Crippen molar-refractivity contribution in [1.29, 1.82) is 5.26 Å². The summed E-state index contributed by atoms with van der Waals surface area (Å²) >= 11 is 0. The summed E-state index contributed by atoms with van der Waals surface area (Å²) in [5.74, 6) is -0.120. The molecule has 0 radical (unpaired) electrons. The van der Waals surface area contributed by atoms with Crippen molar-refractivity contribution in [1.82, 2.24) is 0 Å². The van der Waals surface area contributed by atoms with Crippen LogP contribution in [0.5, 0.6) is 0 Å². The van der Waals surface area contributed by atoms with E-state index >= 15 is 0 Å². The van der Waals surface area contributed by atoms with Gasteiger partial charge in [0.15, 0.2) is 0 Å². The van der Waals surface area contributed by atoms with Crippen LogP contribution in [0.25, 0.3) is 0 Å². The molecule has 1 aliphatic rings. The van der Waals surface area contributed by atoms with E-state index in [1.54, 1.807) is 0 Å². The summed E-state index contributed by atoms with van der Waals surface area (Å²) in [5.41, 5.74) is -1.15. The van der Waals surface area contributed by atoms with E-state index in [2.05, 4.69) is 0 Å². The predicted octanol–water partition coefficient (Wildman–Crippen LogP) is 0.621. The summed E-state index contributed by atoms with van der Waals surface area (Å²) in [6.07, 6.45) is 0.611. The highest BCUT2D eigenvalue weighted by Crippen LogP contribution is 2.37. The zero-order chi connectivity index (χ0) is 6.91. The van der Waals surface area contributed by atoms with E-state index in [-0.39, 0.29) is 5.92 Å². The number of hydrogen-bond acceptors (Lipinski definition) is 2. The van der Waals surface area contributed by atoms with Crippen LogP contribution >= 0.6 is 0 Å². The molecule has 0 aromatic heterocycles. The number of aliphatic hydroxyl groups is 1. The number of rotatable bonds is 1. The molecule has 1 rings (SSSR count). The fraction of sp³-hybridized carbons (Fsp3) is 0.833. The summed E-state index contributed by atoms with van der Waals surface area (Å²) in [6, 6.07) is 1.96. The van der Waals surface area contributed by atoms with E-state index in [0.717, 1.165) is 0 Å². The Labute approximate surface area is 52.9 Å². The summed E-state index contributed by atoms with van der Waals surface area (Å²) in [6.45, 7) is -0.717. The van der Waals surface area contributed by atoms with Gasteiger partial charge in [0, 0.05) is 0 Å². The van der Waals surface area contributed by atoms with E-state index in [9.17, 15) is 4.39 Å². The minimum atomic E-state index is -1.15. The van der Waals surface area contributed by atoms with Crippen molar-refractivity contribution in [3.05, 3.63) is 0 Å². The quantitative estimate of drug-likeness (QED) is 0.564. The Kier molecular flexibility index (Phi) is 1.42. The average molecular weight is 129 g/mol. The van der Waals surface area contributed by atoms with Gasteiger partial charge >= 0.3 is 0 Å². The lowest BCUT2D eigenvalue weighted by Crippen LogP contribution is -2.45. The van der Waals surface area contributed by atoms with Gasteiger partial charge in [0.05, 0.1) is 17.6 Å². The van der Waals surface area contributed by atoms with E-state index in [1.165, 1.54) is 0 Å². The van der Waals surface area contributed by atoms with Crippen LogP contribution in [0.4, 0.5) is 4.39 Å². The number of alkyl halides is 1. The first-order valence-corrected chi connectivity index (χ1v) is 2.88. The Hall–Kier alpha value is -0.620. The molecule has 0 bridgehead atoms. The summed E-state index contributed by atoms with van der Waals surface area (Å²) < 4.78 is 11.8. The molecule has 1 aliphatic carbocycles. The largest absolute Gasteiger partial charge is 0.387 e. The van der Waals surface area contributed by atoms with Gasteiger partial charge in [-0.3, -0.25) is 0 Å². The molecule has 0 aromatic carbocycles. The molecule has 0 aliphatic heterocycles.